The molecule has 7 nitrogen and oxygen atoms in total. The van der Waals surface area contributed by atoms with Crippen molar-refractivity contribution in [1.82, 2.24) is 19.9 Å². The van der Waals surface area contributed by atoms with E-state index in [9.17, 15) is 4.79 Å². The number of likely N-dealkylation sites (tertiary alicyclic amines) is 1. The number of piperidine rings is 1. The average molecular weight is 320 g/mol. The highest BCUT2D eigenvalue weighted by atomic mass is 16.2. The second kappa shape index (κ2) is 6.24. The molecule has 2 atom stereocenters. The summed E-state index contributed by atoms with van der Waals surface area (Å²) in [4.78, 5) is 28.0. The minimum atomic E-state index is -2.93. The Hall–Kier alpha value is -2.62. The summed E-state index contributed by atoms with van der Waals surface area (Å²) in [6.45, 7) is 0.176. The van der Waals surface area contributed by atoms with Crippen LogP contribution in [0.2, 0.25) is 0 Å². The van der Waals surface area contributed by atoms with E-state index in [4.69, 9.17) is 17.5 Å². The number of hydrogen-bond acceptors (Lipinski definition) is 4. The van der Waals surface area contributed by atoms with Crippen LogP contribution in [-0.2, 0) is 4.79 Å². The van der Waals surface area contributed by atoms with Crippen molar-refractivity contribution in [3.8, 4) is 0 Å². The lowest BCUT2D eigenvalue weighted by Crippen LogP contribution is -2.53. The Morgan fingerprint density at radius 1 is 1.78 bits per heavy atom. The van der Waals surface area contributed by atoms with Crippen molar-refractivity contribution in [1.29, 1.82) is 0 Å². The summed E-state index contributed by atoms with van der Waals surface area (Å²) < 4.78 is 64.7. The summed E-state index contributed by atoms with van der Waals surface area (Å²) in [5.74, 6) is -3.56. The molecule has 1 aliphatic rings. The van der Waals surface area contributed by atoms with Crippen LogP contribution < -0.4 is 4.90 Å². The fourth-order valence-electron chi connectivity index (χ4n) is 2.55. The number of nitrogens with one attached hydrogen (secondary N) is 1. The minimum absolute atomic E-state index is 0.0228. The molecule has 0 aromatic carbocycles. The lowest BCUT2D eigenvalue weighted by molar-refractivity contribution is -0.130. The second-order valence-corrected chi connectivity index (χ2v) is 5.07. The van der Waals surface area contributed by atoms with E-state index in [-0.39, 0.29) is 18.0 Å². The zero-order valence-corrected chi connectivity index (χ0v) is 12.4. The van der Waals surface area contributed by atoms with Gasteiger partial charge in [0.1, 0.15) is 21.9 Å². The van der Waals surface area contributed by atoms with E-state index in [1.54, 1.807) is 6.07 Å². The first-order valence-corrected chi connectivity index (χ1v) is 6.91. The fraction of sp³-hybridized carbons (Fsp3) is 0.500. The Labute approximate surface area is 146 Å². The van der Waals surface area contributed by atoms with Crippen LogP contribution in [0.15, 0.2) is 18.6 Å². The molecule has 0 spiro atoms. The van der Waals surface area contributed by atoms with Gasteiger partial charge in [-0.3, -0.25) is 4.79 Å². The van der Waals surface area contributed by atoms with Gasteiger partial charge in [0.05, 0.1) is 12.8 Å². The van der Waals surface area contributed by atoms with Crippen LogP contribution in [-0.4, -0.2) is 58.4 Å². The van der Waals surface area contributed by atoms with E-state index < -0.39 is 50.4 Å². The van der Waals surface area contributed by atoms with E-state index in [2.05, 4.69) is 19.8 Å². The molecular formula is C16H20N6O. The number of likely N-dealkylation sites (N-methyl/N-ethyl adjacent to an activating group) is 1. The second-order valence-electron chi connectivity index (χ2n) is 5.07. The van der Waals surface area contributed by atoms with E-state index >= 15 is 0 Å². The maximum absolute atomic E-state index is 12.6. The van der Waals surface area contributed by atoms with Crippen molar-refractivity contribution in [3.63, 3.8) is 0 Å². The van der Waals surface area contributed by atoms with Crippen molar-refractivity contribution < 1.29 is 15.8 Å². The van der Waals surface area contributed by atoms with Crippen LogP contribution in [0.25, 0.3) is 15.9 Å². The van der Waals surface area contributed by atoms with Gasteiger partial charge in [0.25, 0.3) is 6.50 Å². The number of carbonyl (C=O) groups is 1. The largest absolute Gasteiger partial charge is 0.354 e. The van der Waals surface area contributed by atoms with Crippen LogP contribution in [0.5, 0.6) is 0 Å². The van der Waals surface area contributed by atoms with E-state index in [1.165, 1.54) is 13.2 Å². The number of aromatic amines is 1. The molecule has 0 aliphatic carbocycles. The first-order chi connectivity index (χ1) is 14.2. The number of hydrogen-bond donors (Lipinski definition) is 1. The monoisotopic (exact) mass is 320 g/mol. The highest BCUT2D eigenvalue weighted by molar-refractivity contribution is 5.87. The molecule has 1 fully saturated rings. The van der Waals surface area contributed by atoms with Gasteiger partial charge >= 0.3 is 5.91 Å². The predicted molar refractivity (Wildman–Crippen MR) is 87.9 cm³/mol. The molecule has 0 saturated carbocycles. The molecule has 0 radical (unpaired) electrons. The molecule has 0 bridgehead atoms. The normalized spacial score (nSPS) is 33.8. The highest BCUT2D eigenvalue weighted by Crippen LogP contribution is 2.28. The molecule has 1 amide bonds. The van der Waals surface area contributed by atoms with Crippen LogP contribution in [0, 0.1) is 12.5 Å². The first kappa shape index (κ1) is 8.29. The van der Waals surface area contributed by atoms with Gasteiger partial charge in [-0.25, -0.2) is 16.5 Å². The summed E-state index contributed by atoms with van der Waals surface area (Å²) in [7, 11) is 1.34. The number of carbonyl (C=O) groups excluding carboxylic acids is 1. The standard InChI is InChI=1S/C16H20N6O/c1-11-5-7-22(14(23)8-17-2)9-13(11)21(3)16-12-4-6-18-15(12)19-10-20-16/h4,6,10-11,13H,5,7-9H2,1,3H3,(H,18,19,20)/t11-,13+/m1/s1/i1D3,8D2,10D,11D,13D. The smallest absolute Gasteiger partial charge is 0.302 e. The van der Waals surface area contributed by atoms with Crippen LogP contribution >= 0.6 is 0 Å². The Bertz CT molecular complexity index is 1060. The van der Waals surface area contributed by atoms with Crippen molar-refractivity contribution in [2.75, 3.05) is 31.5 Å². The number of H-pyrrole nitrogens is 1. The number of amides is 1. The molecular weight excluding hydrogens is 292 g/mol. The minimum Gasteiger partial charge on any atom is -0.354 e. The summed E-state index contributed by atoms with van der Waals surface area (Å²) >= 11 is 0. The summed E-state index contributed by atoms with van der Waals surface area (Å²) in [6.07, 6.45) is 0.690. The van der Waals surface area contributed by atoms with Crippen molar-refractivity contribution in [3.05, 3.63) is 30.0 Å². The quantitative estimate of drug-likeness (QED) is 0.871. The molecule has 2 aromatic rings. The Morgan fingerprint density at radius 2 is 2.65 bits per heavy atom. The number of anilines is 1. The van der Waals surface area contributed by atoms with Crippen LogP contribution in [0.4, 0.5) is 5.82 Å². The lowest BCUT2D eigenvalue weighted by Gasteiger charge is -2.41. The highest BCUT2D eigenvalue weighted by Gasteiger charge is 2.33. The zero-order chi connectivity index (χ0) is 23.4. The maximum atomic E-state index is 12.6. The SMILES string of the molecule is [2H]c1nc(N(C)[C@@]2([2H])CN(C(=O)C([2H])([2H])[N+]#[C-])CC[C@@]2([2H])C([2H])([2H])[2H])c2cc[nH]c2n1. The van der Waals surface area contributed by atoms with E-state index in [0.29, 0.717) is 5.39 Å². The Morgan fingerprint density at radius 3 is 3.43 bits per heavy atom. The number of nitrogens with zero attached hydrogens (tertiary/aromatic N) is 5. The molecule has 0 unspecified atom stereocenters. The molecule has 2 aromatic heterocycles. The summed E-state index contributed by atoms with van der Waals surface area (Å²) in [5, 5.41) is 0.387. The summed E-state index contributed by atoms with van der Waals surface area (Å²) in [5.41, 5.74) is 0.281. The van der Waals surface area contributed by atoms with E-state index in [1.807, 2.05) is 0 Å². The van der Waals surface area contributed by atoms with Gasteiger partial charge in [0.15, 0.2) is 0 Å². The van der Waals surface area contributed by atoms with Crippen molar-refractivity contribution in [2.45, 2.75) is 19.3 Å². The summed E-state index contributed by atoms with van der Waals surface area (Å²) in [6, 6.07) is -0.733. The Balaban J connectivity index is 2.15. The van der Waals surface area contributed by atoms with Gasteiger partial charge in [-0.15, -0.1) is 0 Å². The number of aromatic nitrogens is 3. The number of rotatable bonds is 3. The predicted octanol–water partition coefficient (Wildman–Crippen LogP) is 1.55. The maximum Gasteiger partial charge on any atom is 0.302 e. The van der Waals surface area contributed by atoms with Crippen LogP contribution in [0.3, 0.4) is 0 Å². The molecule has 7 heteroatoms. The van der Waals surface area contributed by atoms with Gasteiger partial charge in [-0.2, -0.15) is 0 Å². The molecule has 23 heavy (non-hydrogen) atoms. The van der Waals surface area contributed by atoms with E-state index in [0.717, 1.165) is 9.80 Å². The van der Waals surface area contributed by atoms with Crippen LogP contribution in [0.1, 0.15) is 24.2 Å². The lowest BCUT2D eigenvalue weighted by atomic mass is 9.92. The van der Waals surface area contributed by atoms with Crippen molar-refractivity contribution >= 4 is 22.8 Å². The van der Waals surface area contributed by atoms with Gasteiger partial charge in [-0.05, 0) is 18.4 Å². The topological polar surface area (TPSA) is 69.5 Å². The molecule has 1 saturated heterocycles. The molecule has 3 rings (SSSR count). The van der Waals surface area contributed by atoms with Gasteiger partial charge in [0, 0.05) is 31.8 Å². The van der Waals surface area contributed by atoms with Gasteiger partial charge in [-0.1, -0.05) is 6.85 Å². The zero-order valence-electron chi connectivity index (χ0n) is 20.4. The average Bonchev–Trinajstić information content (AvgIpc) is 3.15. The fourth-order valence-corrected chi connectivity index (χ4v) is 2.55. The third kappa shape index (κ3) is 2.84. The Kier molecular flexibility index (Phi) is 2.25. The molecule has 3 heterocycles. The molecule has 1 aliphatic heterocycles. The third-order valence-electron chi connectivity index (χ3n) is 3.77. The first-order valence-electron chi connectivity index (χ1n) is 10.9. The van der Waals surface area contributed by atoms with Crippen molar-refractivity contribution in [2.24, 2.45) is 5.89 Å². The molecule has 1 N–H and O–H groups in total. The van der Waals surface area contributed by atoms with Gasteiger partial charge in [0.2, 0.25) is 0 Å². The molecule has 120 valence electrons. The van der Waals surface area contributed by atoms with Gasteiger partial charge < -0.3 is 19.6 Å². The third-order valence-corrected chi connectivity index (χ3v) is 3.77. The number of fused-ring (bicyclic) bond motifs is 1.